The maximum Gasteiger partial charge on any atom is 0.196 e. The molecule has 0 spiro atoms. The highest BCUT2D eigenvalue weighted by molar-refractivity contribution is 7.75. The molecule has 0 unspecified atom stereocenters. The predicted molar refractivity (Wildman–Crippen MR) is 127 cm³/mol. The molecule has 0 radical (unpaired) electrons. The van der Waals surface area contributed by atoms with Gasteiger partial charge in [-0.05, 0) is 35.0 Å². The molecular formula is C22H8O2S4. The molecule has 0 N–H and O–H groups in total. The molecule has 0 aliphatic heterocycles. The first-order valence-electron chi connectivity index (χ1n) is 8.70. The van der Waals surface area contributed by atoms with Gasteiger partial charge in [0.25, 0.3) is 0 Å². The summed E-state index contributed by atoms with van der Waals surface area (Å²) < 4.78 is 4.23. The van der Waals surface area contributed by atoms with Crippen LogP contribution in [0.2, 0.25) is 0 Å². The van der Waals surface area contributed by atoms with E-state index < -0.39 is 0 Å². The van der Waals surface area contributed by atoms with Crippen molar-refractivity contribution in [3.8, 4) is 0 Å². The highest BCUT2D eigenvalue weighted by atomic mass is 32.9. The molecule has 0 bridgehead atoms. The third-order valence-electron chi connectivity index (χ3n) is 5.54. The molecule has 2 aromatic heterocycles. The van der Waals surface area contributed by atoms with Crippen LogP contribution in [0.1, 0.15) is 0 Å². The van der Waals surface area contributed by atoms with Crippen molar-refractivity contribution in [1.29, 1.82) is 0 Å². The van der Waals surface area contributed by atoms with Crippen LogP contribution >= 0.6 is 41.4 Å². The van der Waals surface area contributed by atoms with Gasteiger partial charge in [-0.3, -0.25) is 9.59 Å². The Morgan fingerprint density at radius 3 is 1.46 bits per heavy atom. The second-order valence-corrected chi connectivity index (χ2v) is 11.3. The van der Waals surface area contributed by atoms with Crippen LogP contribution in [-0.2, 0) is 0 Å². The van der Waals surface area contributed by atoms with Gasteiger partial charge in [-0.25, -0.2) is 0 Å². The van der Waals surface area contributed by atoms with E-state index in [1.807, 2.05) is 36.4 Å². The van der Waals surface area contributed by atoms with E-state index in [2.05, 4.69) is 12.1 Å². The highest BCUT2D eigenvalue weighted by Crippen LogP contribution is 2.42. The summed E-state index contributed by atoms with van der Waals surface area (Å²) in [7, 11) is 6.54. The second-order valence-electron chi connectivity index (χ2n) is 6.96. The summed E-state index contributed by atoms with van der Waals surface area (Å²) in [5.74, 6) is 0. The third-order valence-corrected chi connectivity index (χ3v) is 10.5. The fourth-order valence-electron chi connectivity index (χ4n) is 4.33. The van der Waals surface area contributed by atoms with Crippen LogP contribution < -0.4 is 10.9 Å². The summed E-state index contributed by atoms with van der Waals surface area (Å²) in [5.41, 5.74) is -0.0419. The Balaban J connectivity index is 1.89. The molecule has 0 saturated carbocycles. The van der Waals surface area contributed by atoms with Crippen molar-refractivity contribution >= 4 is 103 Å². The molecule has 0 aliphatic carbocycles. The van der Waals surface area contributed by atoms with Gasteiger partial charge in [0.1, 0.15) is 0 Å². The van der Waals surface area contributed by atoms with Gasteiger partial charge in [-0.2, -0.15) is 0 Å². The van der Waals surface area contributed by atoms with Crippen molar-refractivity contribution in [1.82, 2.24) is 0 Å². The zero-order valence-corrected chi connectivity index (χ0v) is 17.3. The van der Waals surface area contributed by atoms with E-state index in [0.717, 1.165) is 30.9 Å². The van der Waals surface area contributed by atoms with Gasteiger partial charge >= 0.3 is 0 Å². The van der Waals surface area contributed by atoms with Crippen molar-refractivity contribution in [3.63, 3.8) is 0 Å². The lowest BCUT2D eigenvalue weighted by molar-refractivity contribution is 1.74. The Labute approximate surface area is 171 Å². The first-order chi connectivity index (χ1) is 13.7. The number of fused-ring (bicyclic) bond motifs is 4. The number of hydrogen-bond acceptors (Lipinski definition) is 6. The van der Waals surface area contributed by atoms with E-state index in [1.165, 1.54) is 9.40 Å². The number of rotatable bonds is 0. The van der Waals surface area contributed by atoms with Gasteiger partial charge in [-0.1, -0.05) is 65.6 Å². The number of hydrogen-bond donors (Lipinski definition) is 0. The van der Waals surface area contributed by atoms with Gasteiger partial charge in [0.15, 0.2) is 10.9 Å². The lowest BCUT2D eigenvalue weighted by Crippen LogP contribution is -2.13. The van der Waals surface area contributed by atoms with E-state index in [1.54, 1.807) is 41.4 Å². The molecule has 0 amide bonds. The summed E-state index contributed by atoms with van der Waals surface area (Å²) in [5, 5.41) is 6.57. The summed E-state index contributed by atoms with van der Waals surface area (Å²) in [6, 6.07) is 16.1. The second kappa shape index (κ2) is 5.15. The van der Waals surface area contributed by atoms with E-state index in [-0.39, 0.29) is 10.9 Å². The fraction of sp³-hybridized carbons (Fsp3) is 0. The lowest BCUT2D eigenvalue weighted by Gasteiger charge is -2.07. The van der Waals surface area contributed by atoms with Gasteiger partial charge in [0.2, 0.25) is 0 Å². The maximum absolute atomic E-state index is 13.6. The Hall–Kier alpha value is -2.38. The molecule has 132 valence electrons. The smallest absolute Gasteiger partial charge is 0.196 e. The van der Waals surface area contributed by atoms with Crippen molar-refractivity contribution < 1.29 is 0 Å². The summed E-state index contributed by atoms with van der Waals surface area (Å²) in [6.07, 6.45) is 0. The predicted octanol–water partition coefficient (Wildman–Crippen LogP) is 7.01. The third kappa shape index (κ3) is 1.73. The Kier molecular flexibility index (Phi) is 2.86. The monoisotopic (exact) mass is 432 g/mol. The first kappa shape index (κ1) is 15.5. The fourth-order valence-corrected chi connectivity index (χ4v) is 9.75. The molecule has 5 aromatic carbocycles. The zero-order chi connectivity index (χ0) is 18.6. The SMILES string of the molecule is O=c1c2cc3cccc4ssc(c2c(=O)c2cc5cccc6ssc(c12)c56)c34. The average molecular weight is 433 g/mol. The van der Waals surface area contributed by atoms with Crippen LogP contribution in [0.25, 0.3) is 61.9 Å². The molecule has 6 heteroatoms. The Bertz CT molecular complexity index is 1720. The van der Waals surface area contributed by atoms with Crippen LogP contribution in [0.4, 0.5) is 0 Å². The minimum absolute atomic E-state index is 0.0210. The van der Waals surface area contributed by atoms with Crippen LogP contribution in [0.5, 0.6) is 0 Å². The highest BCUT2D eigenvalue weighted by Gasteiger charge is 2.20. The molecular weight excluding hydrogens is 425 g/mol. The zero-order valence-electron chi connectivity index (χ0n) is 14.1. The Morgan fingerprint density at radius 1 is 0.536 bits per heavy atom. The van der Waals surface area contributed by atoms with Crippen molar-refractivity contribution in [2.75, 3.05) is 0 Å². The van der Waals surface area contributed by atoms with Gasteiger partial charge in [-0.15, -0.1) is 0 Å². The van der Waals surface area contributed by atoms with E-state index >= 15 is 0 Å². The molecule has 2 nitrogen and oxygen atoms in total. The molecule has 7 aromatic rings. The standard InChI is InChI=1S/C22H8O2S4/c23-19-11-7-9-3-1-5-13-15(9)21(27-25-13)17(11)20(24)12-8-10-4-2-6-14-16(10)22(18(12)19)28-26-14/h1-8H. The minimum Gasteiger partial charge on any atom is -0.289 e. The normalized spacial score (nSPS) is 12.6. The van der Waals surface area contributed by atoms with Crippen LogP contribution in [0, 0.1) is 0 Å². The number of benzene rings is 5. The van der Waals surface area contributed by atoms with Crippen LogP contribution in [-0.4, -0.2) is 0 Å². The van der Waals surface area contributed by atoms with Gasteiger partial charge in [0, 0.05) is 30.9 Å². The van der Waals surface area contributed by atoms with E-state index in [0.29, 0.717) is 21.5 Å². The van der Waals surface area contributed by atoms with Crippen molar-refractivity contribution in [3.05, 3.63) is 69.0 Å². The molecule has 0 saturated heterocycles. The topological polar surface area (TPSA) is 34.1 Å². The van der Waals surface area contributed by atoms with Crippen molar-refractivity contribution in [2.24, 2.45) is 0 Å². The largest absolute Gasteiger partial charge is 0.289 e. The molecule has 2 heterocycles. The molecule has 28 heavy (non-hydrogen) atoms. The maximum atomic E-state index is 13.6. The van der Waals surface area contributed by atoms with E-state index in [4.69, 9.17) is 0 Å². The lowest BCUT2D eigenvalue weighted by atomic mass is 9.96. The van der Waals surface area contributed by atoms with E-state index in [9.17, 15) is 9.59 Å². The quantitative estimate of drug-likeness (QED) is 0.191. The van der Waals surface area contributed by atoms with Crippen LogP contribution in [0.15, 0.2) is 58.1 Å². The molecule has 0 atom stereocenters. The average Bonchev–Trinajstić information content (AvgIpc) is 3.33. The summed E-state index contributed by atoms with van der Waals surface area (Å²) in [4.78, 5) is 27.3. The van der Waals surface area contributed by atoms with Crippen LogP contribution in [0.3, 0.4) is 0 Å². The summed E-state index contributed by atoms with van der Waals surface area (Å²) >= 11 is 0. The first-order valence-corrected chi connectivity index (χ1v) is 13.0. The molecule has 0 aliphatic rings. The molecule has 0 fully saturated rings. The Morgan fingerprint density at radius 2 is 1.00 bits per heavy atom. The minimum atomic E-state index is -0.0210. The summed E-state index contributed by atoms with van der Waals surface area (Å²) in [6.45, 7) is 0. The van der Waals surface area contributed by atoms with Crippen molar-refractivity contribution in [2.45, 2.75) is 0 Å². The van der Waals surface area contributed by atoms with Gasteiger partial charge in [0.05, 0.1) is 20.2 Å². The van der Waals surface area contributed by atoms with Gasteiger partial charge < -0.3 is 0 Å². The molecule has 7 rings (SSSR count).